The van der Waals surface area contributed by atoms with Crippen molar-refractivity contribution in [3.8, 4) is 0 Å². The minimum absolute atomic E-state index is 0.132. The summed E-state index contributed by atoms with van der Waals surface area (Å²) in [5, 5.41) is 0. The van der Waals surface area contributed by atoms with E-state index in [2.05, 4.69) is 6.58 Å². The minimum Gasteiger partial charge on any atom is -0.493 e. The quantitative estimate of drug-likeness (QED) is 0.624. The molecule has 0 amide bonds. The molecule has 1 fully saturated rings. The molecule has 0 aromatic carbocycles. The van der Waals surface area contributed by atoms with Gasteiger partial charge in [-0.3, -0.25) is 9.79 Å². The van der Waals surface area contributed by atoms with Crippen molar-refractivity contribution >= 4 is 12.0 Å². The predicted molar refractivity (Wildman–Crippen MR) is 93.0 cm³/mol. The van der Waals surface area contributed by atoms with Gasteiger partial charge in [0.05, 0.1) is 13.2 Å². The fourth-order valence-corrected chi connectivity index (χ4v) is 4.20. The molecule has 5 nitrogen and oxygen atoms in total. The molecule has 5 heteroatoms. The van der Waals surface area contributed by atoms with Crippen LogP contribution >= 0.6 is 0 Å². The Bertz CT molecular complexity index is 633. The number of methoxy groups -OCH3 is 1. The lowest BCUT2D eigenvalue weighted by Gasteiger charge is -2.33. The van der Waals surface area contributed by atoms with Crippen LogP contribution in [0.4, 0.5) is 0 Å². The summed E-state index contributed by atoms with van der Waals surface area (Å²) in [5.41, 5.74) is 1.98. The van der Waals surface area contributed by atoms with Gasteiger partial charge in [0.25, 0.3) is 0 Å². The summed E-state index contributed by atoms with van der Waals surface area (Å²) in [7, 11) is 1.56. The molecule has 1 aliphatic heterocycles. The topological polar surface area (TPSA) is 73.9 Å². The van der Waals surface area contributed by atoms with Crippen molar-refractivity contribution in [1.29, 1.82) is 0 Å². The Balaban J connectivity index is 1.98. The molecule has 0 aromatic heterocycles. The molecular weight excluding hydrogens is 304 g/mol. The zero-order chi connectivity index (χ0) is 17.3. The molecule has 0 radical (unpaired) electrons. The number of nitrogens with zero attached hydrogens (tertiary/aromatic N) is 1. The molecule has 3 aliphatic rings. The van der Waals surface area contributed by atoms with Gasteiger partial charge in [0.15, 0.2) is 17.3 Å². The highest BCUT2D eigenvalue weighted by Crippen LogP contribution is 2.38. The fourth-order valence-electron chi connectivity index (χ4n) is 4.20. The number of ether oxygens (including phenoxy) is 1. The van der Waals surface area contributed by atoms with E-state index >= 15 is 0 Å². The van der Waals surface area contributed by atoms with Crippen molar-refractivity contribution < 1.29 is 14.4 Å². The fraction of sp³-hybridized carbons (Fsp3) is 0.579. The first-order valence-corrected chi connectivity index (χ1v) is 8.63. The zero-order valence-corrected chi connectivity index (χ0v) is 14.5. The van der Waals surface area contributed by atoms with E-state index in [9.17, 15) is 4.79 Å². The lowest BCUT2D eigenvalue weighted by molar-refractivity contribution is -0.116. The van der Waals surface area contributed by atoms with E-state index < -0.39 is 0 Å². The molecule has 2 N–H and O–H groups in total. The van der Waals surface area contributed by atoms with Crippen LogP contribution in [0.1, 0.15) is 39.0 Å². The van der Waals surface area contributed by atoms with Gasteiger partial charge in [0, 0.05) is 24.1 Å². The number of hydrogen-bond acceptors (Lipinski definition) is 5. The Hall–Kier alpha value is -1.88. The molecule has 3 rings (SSSR count). The monoisotopic (exact) mass is 330 g/mol. The van der Waals surface area contributed by atoms with E-state index in [4.69, 9.17) is 20.5 Å². The number of carbonyl (C=O) groups excluding carboxylic acids is 1. The van der Waals surface area contributed by atoms with Crippen LogP contribution in [0.15, 0.2) is 40.3 Å². The van der Waals surface area contributed by atoms with Crippen molar-refractivity contribution in [3.63, 3.8) is 0 Å². The van der Waals surface area contributed by atoms with Gasteiger partial charge in [-0.15, -0.1) is 0 Å². The van der Waals surface area contributed by atoms with E-state index in [-0.39, 0.29) is 17.7 Å². The lowest BCUT2D eigenvalue weighted by atomic mass is 9.75. The molecule has 2 bridgehead atoms. The van der Waals surface area contributed by atoms with Crippen LogP contribution in [0.5, 0.6) is 0 Å². The molecule has 3 unspecified atom stereocenters. The Labute approximate surface area is 143 Å². The van der Waals surface area contributed by atoms with Gasteiger partial charge in [0.2, 0.25) is 0 Å². The number of rotatable bonds is 2. The normalized spacial score (nSPS) is 33.7. The third-order valence-electron chi connectivity index (χ3n) is 5.41. The van der Waals surface area contributed by atoms with Crippen molar-refractivity contribution in [2.75, 3.05) is 7.11 Å². The van der Waals surface area contributed by atoms with Gasteiger partial charge in [0.1, 0.15) is 0 Å². The predicted octanol–water partition coefficient (Wildman–Crippen LogP) is 3.09. The second-order valence-corrected chi connectivity index (χ2v) is 7.16. The Morgan fingerprint density at radius 1 is 1.38 bits per heavy atom. The van der Waals surface area contributed by atoms with Crippen LogP contribution in [-0.2, 0) is 14.4 Å². The highest BCUT2D eigenvalue weighted by molar-refractivity contribution is 5.97. The molecule has 0 aromatic rings. The number of fused-ring (bicyclic) bond motifs is 3. The van der Waals surface area contributed by atoms with E-state index in [0.717, 1.165) is 25.7 Å². The van der Waals surface area contributed by atoms with Crippen LogP contribution < -0.4 is 5.90 Å². The number of nitrogens with two attached hydrogens (primary N) is 1. The van der Waals surface area contributed by atoms with Gasteiger partial charge in [-0.25, -0.2) is 0 Å². The van der Waals surface area contributed by atoms with E-state index in [1.807, 2.05) is 13.1 Å². The van der Waals surface area contributed by atoms with Crippen LogP contribution in [0, 0.1) is 17.8 Å². The average Bonchev–Trinajstić information content (AvgIpc) is 2.56. The molecule has 1 heterocycles. The first-order valence-electron chi connectivity index (χ1n) is 8.63. The van der Waals surface area contributed by atoms with E-state index in [1.165, 1.54) is 5.57 Å². The first-order chi connectivity index (χ1) is 11.5. The number of allylic oxidation sites excluding steroid dienone is 2. The number of aliphatic imine (C=N–C) groups is 1. The van der Waals surface area contributed by atoms with Crippen molar-refractivity contribution in [1.82, 2.24) is 0 Å². The van der Waals surface area contributed by atoms with Crippen LogP contribution in [0.3, 0.4) is 0 Å². The number of Topliss-reactive ketones (excluding diaryl/α,β-unsaturated/α-hetero) is 1. The van der Waals surface area contributed by atoms with E-state index in [1.54, 1.807) is 13.2 Å². The number of carbonyl (C=O) groups is 1. The molecular formula is C19H26N2O3. The SMILES string of the molecule is C=C1CC2CCC(=O)C3=CC(OC)=C(ON)C(C)C3N=C[C@H](C1)C2. The average molecular weight is 330 g/mol. The standard InChI is InChI=1S/C19H26N2O3/c1-11-6-13-4-5-16(22)15-9-17(23-3)19(24-20)12(2)18(15)21-10-14(7-11)8-13/h9-10,12-14,18H,1,4-8,20H2,2-3H3/t12?,13?,14-,18?/m1/s1. The molecule has 1 saturated carbocycles. The maximum absolute atomic E-state index is 12.8. The Kier molecular flexibility index (Phi) is 4.90. The van der Waals surface area contributed by atoms with Crippen molar-refractivity contribution in [2.45, 2.75) is 45.1 Å². The third-order valence-corrected chi connectivity index (χ3v) is 5.41. The highest BCUT2D eigenvalue weighted by Gasteiger charge is 2.36. The van der Waals surface area contributed by atoms with Crippen LogP contribution in [0.25, 0.3) is 0 Å². The van der Waals surface area contributed by atoms with Crippen molar-refractivity contribution in [3.05, 3.63) is 35.3 Å². The summed E-state index contributed by atoms with van der Waals surface area (Å²) in [6.07, 6.45) is 8.35. The highest BCUT2D eigenvalue weighted by atomic mass is 16.6. The maximum atomic E-state index is 12.8. The smallest absolute Gasteiger partial charge is 0.170 e. The van der Waals surface area contributed by atoms with Gasteiger partial charge in [-0.1, -0.05) is 19.1 Å². The van der Waals surface area contributed by atoms with Gasteiger partial charge >= 0.3 is 0 Å². The molecule has 4 atom stereocenters. The second-order valence-electron chi connectivity index (χ2n) is 7.16. The minimum atomic E-state index is -0.262. The maximum Gasteiger partial charge on any atom is 0.170 e. The van der Waals surface area contributed by atoms with E-state index in [0.29, 0.717) is 35.3 Å². The molecule has 0 saturated heterocycles. The number of ketones is 1. The van der Waals surface area contributed by atoms with Gasteiger partial charge in [-0.05, 0) is 43.6 Å². The third kappa shape index (κ3) is 3.18. The van der Waals surface area contributed by atoms with Gasteiger partial charge in [-0.2, -0.15) is 5.90 Å². The summed E-state index contributed by atoms with van der Waals surface area (Å²) < 4.78 is 5.36. The first kappa shape index (κ1) is 17.0. The molecule has 130 valence electrons. The van der Waals surface area contributed by atoms with Crippen LogP contribution in [-0.4, -0.2) is 25.1 Å². The summed E-state index contributed by atoms with van der Waals surface area (Å²) in [6, 6.07) is -0.262. The van der Waals surface area contributed by atoms with Crippen molar-refractivity contribution in [2.24, 2.45) is 28.6 Å². The van der Waals surface area contributed by atoms with Gasteiger partial charge < -0.3 is 9.57 Å². The summed E-state index contributed by atoms with van der Waals surface area (Å²) in [6.45, 7) is 6.14. The summed E-state index contributed by atoms with van der Waals surface area (Å²) in [5.74, 6) is 7.44. The summed E-state index contributed by atoms with van der Waals surface area (Å²) in [4.78, 5) is 22.6. The second kappa shape index (κ2) is 6.93. The largest absolute Gasteiger partial charge is 0.493 e. The number of hydrogen-bond donors (Lipinski definition) is 1. The summed E-state index contributed by atoms with van der Waals surface area (Å²) >= 11 is 0. The molecule has 2 aliphatic carbocycles. The Morgan fingerprint density at radius 2 is 2.17 bits per heavy atom. The van der Waals surface area contributed by atoms with Crippen LogP contribution in [0.2, 0.25) is 0 Å². The zero-order valence-electron chi connectivity index (χ0n) is 14.5. The lowest BCUT2D eigenvalue weighted by Crippen LogP contribution is -2.33. The molecule has 0 spiro atoms. The Morgan fingerprint density at radius 3 is 2.88 bits per heavy atom. The molecule has 24 heavy (non-hydrogen) atoms.